The maximum atomic E-state index is 13.4. The average Bonchev–Trinajstić information content (AvgIpc) is 2.43. The first-order valence-corrected chi connectivity index (χ1v) is 9.78. The zero-order chi connectivity index (χ0) is 16.1. The van der Waals surface area contributed by atoms with E-state index < -0.39 is 0 Å². The van der Waals surface area contributed by atoms with Crippen molar-refractivity contribution in [3.8, 4) is 0 Å². The normalized spacial score (nSPS) is 11.0. The molecule has 1 heterocycles. The number of aryl methyl sites for hydroxylation is 2. The summed E-state index contributed by atoms with van der Waals surface area (Å²) < 4.78 is 13.4. The standard InChI is InChI=1S/C15H18FN3S3/c1-5-20-13-17-14(21-6-2)19-15(18-13)22-12-9(3)7-11(16)8-10(12)4/h7-8H,5-6H2,1-4H3. The third-order valence-electron chi connectivity index (χ3n) is 2.74. The lowest BCUT2D eigenvalue weighted by molar-refractivity contribution is 0.623. The van der Waals surface area contributed by atoms with Crippen molar-refractivity contribution >= 4 is 35.3 Å². The largest absolute Gasteiger partial charge is 0.207 e. The van der Waals surface area contributed by atoms with E-state index >= 15 is 0 Å². The zero-order valence-corrected chi connectivity index (χ0v) is 15.5. The highest BCUT2D eigenvalue weighted by Gasteiger charge is 2.12. The van der Waals surface area contributed by atoms with Crippen molar-refractivity contribution in [2.75, 3.05) is 11.5 Å². The SMILES string of the molecule is CCSc1nc(SCC)nc(Sc2c(C)cc(F)cc2C)n1. The molecule has 2 aromatic rings. The number of nitrogens with zero attached hydrogens (tertiary/aromatic N) is 3. The van der Waals surface area contributed by atoms with E-state index in [1.165, 1.54) is 11.8 Å². The van der Waals surface area contributed by atoms with E-state index in [0.717, 1.165) is 37.8 Å². The number of hydrogen-bond acceptors (Lipinski definition) is 6. The van der Waals surface area contributed by atoms with Gasteiger partial charge in [-0.15, -0.1) is 0 Å². The summed E-state index contributed by atoms with van der Waals surface area (Å²) in [6, 6.07) is 3.08. The second kappa shape index (κ2) is 8.17. The minimum atomic E-state index is -0.209. The molecule has 0 saturated carbocycles. The molecule has 0 unspecified atom stereocenters. The highest BCUT2D eigenvalue weighted by molar-refractivity contribution is 8.00. The minimum Gasteiger partial charge on any atom is -0.207 e. The van der Waals surface area contributed by atoms with Gasteiger partial charge in [-0.3, -0.25) is 0 Å². The first-order valence-electron chi connectivity index (χ1n) is 6.99. The van der Waals surface area contributed by atoms with Crippen LogP contribution in [0.5, 0.6) is 0 Å². The molecule has 0 fully saturated rings. The summed E-state index contributed by atoms with van der Waals surface area (Å²) in [6.07, 6.45) is 0. The molecule has 0 amide bonds. The fourth-order valence-electron chi connectivity index (χ4n) is 1.90. The van der Waals surface area contributed by atoms with Gasteiger partial charge in [-0.25, -0.2) is 4.39 Å². The molecule has 0 aliphatic heterocycles. The summed E-state index contributed by atoms with van der Waals surface area (Å²) in [5.74, 6) is 1.62. The number of aromatic nitrogens is 3. The van der Waals surface area contributed by atoms with Gasteiger partial charge < -0.3 is 0 Å². The Morgan fingerprint density at radius 1 is 0.864 bits per heavy atom. The minimum absolute atomic E-state index is 0.209. The molecule has 0 atom stereocenters. The van der Waals surface area contributed by atoms with E-state index in [4.69, 9.17) is 0 Å². The summed E-state index contributed by atoms with van der Waals surface area (Å²) >= 11 is 4.68. The van der Waals surface area contributed by atoms with Crippen LogP contribution in [0.4, 0.5) is 4.39 Å². The van der Waals surface area contributed by atoms with Crippen LogP contribution in [0.3, 0.4) is 0 Å². The van der Waals surface area contributed by atoms with Crippen molar-refractivity contribution in [3.05, 3.63) is 29.1 Å². The Kier molecular flexibility index (Phi) is 6.52. The van der Waals surface area contributed by atoms with E-state index in [1.807, 2.05) is 13.8 Å². The summed E-state index contributed by atoms with van der Waals surface area (Å²) in [5.41, 5.74) is 1.80. The topological polar surface area (TPSA) is 38.7 Å². The Bertz CT molecular complexity index is 617. The van der Waals surface area contributed by atoms with Gasteiger partial charge in [0, 0.05) is 4.90 Å². The van der Waals surface area contributed by atoms with Crippen molar-refractivity contribution in [2.45, 2.75) is 48.1 Å². The molecule has 1 aromatic carbocycles. The van der Waals surface area contributed by atoms with Gasteiger partial charge in [-0.2, -0.15) is 15.0 Å². The van der Waals surface area contributed by atoms with Crippen LogP contribution >= 0.6 is 35.3 Å². The lowest BCUT2D eigenvalue weighted by Crippen LogP contribution is -1.98. The van der Waals surface area contributed by atoms with E-state index in [1.54, 1.807) is 35.7 Å². The Labute approximate surface area is 143 Å². The second-order valence-electron chi connectivity index (χ2n) is 4.52. The third kappa shape index (κ3) is 4.60. The number of thioether (sulfide) groups is 2. The fraction of sp³-hybridized carbons (Fsp3) is 0.400. The fourth-order valence-corrected chi connectivity index (χ4v) is 4.08. The van der Waals surface area contributed by atoms with Gasteiger partial charge in [0.2, 0.25) is 0 Å². The second-order valence-corrected chi connectivity index (χ2v) is 7.96. The Morgan fingerprint density at radius 2 is 1.32 bits per heavy atom. The third-order valence-corrected chi connectivity index (χ3v) is 5.41. The Hall–Kier alpha value is -0.790. The van der Waals surface area contributed by atoms with Crippen LogP contribution in [0.25, 0.3) is 0 Å². The first-order chi connectivity index (χ1) is 10.5. The first kappa shape index (κ1) is 17.6. The maximum absolute atomic E-state index is 13.4. The molecule has 0 radical (unpaired) electrons. The number of rotatable bonds is 6. The zero-order valence-electron chi connectivity index (χ0n) is 13.0. The summed E-state index contributed by atoms with van der Waals surface area (Å²) in [6.45, 7) is 7.95. The molecule has 0 N–H and O–H groups in total. The van der Waals surface area contributed by atoms with Crippen molar-refractivity contribution in [1.29, 1.82) is 0 Å². The molecular weight excluding hydrogens is 337 g/mol. The van der Waals surface area contributed by atoms with Crippen molar-refractivity contribution < 1.29 is 4.39 Å². The number of halogens is 1. The monoisotopic (exact) mass is 355 g/mol. The van der Waals surface area contributed by atoms with E-state index in [-0.39, 0.29) is 5.82 Å². The van der Waals surface area contributed by atoms with Crippen LogP contribution in [-0.2, 0) is 0 Å². The molecule has 2 rings (SSSR count). The van der Waals surface area contributed by atoms with Gasteiger partial charge in [0.25, 0.3) is 0 Å². The maximum Gasteiger partial charge on any atom is 0.197 e. The van der Waals surface area contributed by atoms with Gasteiger partial charge in [0.1, 0.15) is 5.82 Å². The molecule has 0 saturated heterocycles. The van der Waals surface area contributed by atoms with Crippen LogP contribution in [0.15, 0.2) is 32.5 Å². The molecule has 22 heavy (non-hydrogen) atoms. The van der Waals surface area contributed by atoms with Crippen molar-refractivity contribution in [1.82, 2.24) is 15.0 Å². The molecule has 0 spiro atoms. The van der Waals surface area contributed by atoms with Gasteiger partial charge in [0.15, 0.2) is 15.5 Å². The van der Waals surface area contributed by atoms with Crippen molar-refractivity contribution in [3.63, 3.8) is 0 Å². The predicted octanol–water partition coefficient (Wildman–Crippen LogP) is 5.00. The highest BCUT2D eigenvalue weighted by atomic mass is 32.2. The molecule has 3 nitrogen and oxygen atoms in total. The average molecular weight is 356 g/mol. The van der Waals surface area contributed by atoms with Gasteiger partial charge in [-0.05, 0) is 60.4 Å². The quantitative estimate of drug-likeness (QED) is 0.679. The van der Waals surface area contributed by atoms with Gasteiger partial charge in [0.05, 0.1) is 0 Å². The highest BCUT2D eigenvalue weighted by Crippen LogP contribution is 2.33. The molecule has 7 heteroatoms. The predicted molar refractivity (Wildman–Crippen MR) is 92.6 cm³/mol. The number of hydrogen-bond donors (Lipinski definition) is 0. The number of benzene rings is 1. The van der Waals surface area contributed by atoms with Gasteiger partial charge in [-0.1, -0.05) is 37.4 Å². The van der Waals surface area contributed by atoms with Crippen LogP contribution < -0.4 is 0 Å². The van der Waals surface area contributed by atoms with Crippen molar-refractivity contribution in [2.24, 2.45) is 0 Å². The smallest absolute Gasteiger partial charge is 0.197 e. The van der Waals surface area contributed by atoms with E-state index in [9.17, 15) is 4.39 Å². The van der Waals surface area contributed by atoms with E-state index in [2.05, 4.69) is 28.8 Å². The molecule has 0 aliphatic carbocycles. The molecular formula is C15H18FN3S3. The van der Waals surface area contributed by atoms with Crippen LogP contribution in [-0.4, -0.2) is 26.5 Å². The Balaban J connectivity index is 2.36. The lowest BCUT2D eigenvalue weighted by Gasteiger charge is -2.10. The molecule has 1 aromatic heterocycles. The molecule has 118 valence electrons. The van der Waals surface area contributed by atoms with Crippen LogP contribution in [0.1, 0.15) is 25.0 Å². The van der Waals surface area contributed by atoms with Gasteiger partial charge >= 0.3 is 0 Å². The lowest BCUT2D eigenvalue weighted by atomic mass is 10.1. The Morgan fingerprint density at radius 3 is 1.77 bits per heavy atom. The summed E-state index contributed by atoms with van der Waals surface area (Å²) in [4.78, 5) is 14.5. The van der Waals surface area contributed by atoms with Crippen LogP contribution in [0, 0.1) is 19.7 Å². The van der Waals surface area contributed by atoms with E-state index in [0.29, 0.717) is 5.16 Å². The molecule has 0 bridgehead atoms. The molecule has 0 aliphatic rings. The summed E-state index contributed by atoms with van der Waals surface area (Å²) in [7, 11) is 0. The summed E-state index contributed by atoms with van der Waals surface area (Å²) in [5, 5.41) is 2.15. The van der Waals surface area contributed by atoms with Crippen LogP contribution in [0.2, 0.25) is 0 Å².